The first-order chi connectivity index (χ1) is 10.8. The zero-order chi connectivity index (χ0) is 15.7. The summed E-state index contributed by atoms with van der Waals surface area (Å²) in [6.45, 7) is 0. The predicted octanol–water partition coefficient (Wildman–Crippen LogP) is 5.46. The van der Waals surface area contributed by atoms with Crippen molar-refractivity contribution < 1.29 is 9.47 Å². The minimum absolute atomic E-state index is 0.531. The molecule has 2 nitrogen and oxygen atoms in total. The second-order valence-corrected chi connectivity index (χ2v) is 9.47. The van der Waals surface area contributed by atoms with Crippen LogP contribution in [0.5, 0.6) is 0 Å². The van der Waals surface area contributed by atoms with Crippen LogP contribution in [0.25, 0.3) is 0 Å². The number of allylic oxidation sites excluding steroid dienone is 2. The molecule has 2 fully saturated rings. The Balaban J connectivity index is 1.89. The SMILES string of the molecule is CO/C=C/CCC1CC2(CC1CC/C=C/OC)SCCCS2. The first kappa shape index (κ1) is 18.1. The maximum atomic E-state index is 5.02. The number of hydrogen-bond donors (Lipinski definition) is 0. The Kier molecular flexibility index (Phi) is 8.09. The zero-order valence-corrected chi connectivity index (χ0v) is 15.6. The Bertz CT molecular complexity index is 334. The third-order valence-corrected chi connectivity index (χ3v) is 8.12. The normalized spacial score (nSPS) is 27.9. The topological polar surface area (TPSA) is 18.5 Å². The highest BCUT2D eigenvalue weighted by atomic mass is 32.2. The Morgan fingerprint density at radius 3 is 1.86 bits per heavy atom. The second-order valence-electron chi connectivity index (χ2n) is 6.26. The summed E-state index contributed by atoms with van der Waals surface area (Å²) in [4.78, 5) is 0. The van der Waals surface area contributed by atoms with Crippen molar-refractivity contribution in [2.75, 3.05) is 25.7 Å². The lowest BCUT2D eigenvalue weighted by Gasteiger charge is -2.32. The summed E-state index contributed by atoms with van der Waals surface area (Å²) in [6, 6.07) is 0. The van der Waals surface area contributed by atoms with E-state index in [-0.39, 0.29) is 0 Å². The molecule has 1 aliphatic heterocycles. The van der Waals surface area contributed by atoms with Crippen molar-refractivity contribution in [3.8, 4) is 0 Å². The lowest BCUT2D eigenvalue weighted by atomic mass is 9.88. The van der Waals surface area contributed by atoms with Crippen LogP contribution in [-0.2, 0) is 9.47 Å². The molecule has 1 aliphatic carbocycles. The van der Waals surface area contributed by atoms with Crippen LogP contribution in [0.3, 0.4) is 0 Å². The van der Waals surface area contributed by atoms with Gasteiger partial charge in [0.1, 0.15) is 0 Å². The molecule has 0 radical (unpaired) electrons. The second kappa shape index (κ2) is 9.82. The van der Waals surface area contributed by atoms with E-state index in [1.54, 1.807) is 14.2 Å². The van der Waals surface area contributed by atoms with Crippen LogP contribution >= 0.6 is 23.5 Å². The number of ether oxygens (including phenoxy) is 2. The molecular formula is C18H30O2S2. The average Bonchev–Trinajstić information content (AvgIpc) is 2.86. The number of rotatable bonds is 8. The van der Waals surface area contributed by atoms with Crippen LogP contribution in [0, 0.1) is 11.8 Å². The van der Waals surface area contributed by atoms with Gasteiger partial charge >= 0.3 is 0 Å². The quantitative estimate of drug-likeness (QED) is 0.545. The highest BCUT2D eigenvalue weighted by Crippen LogP contribution is 2.58. The number of methoxy groups -OCH3 is 2. The smallest absolute Gasteiger partial charge is 0.0784 e. The molecule has 1 saturated heterocycles. The molecule has 1 saturated carbocycles. The summed E-state index contributed by atoms with van der Waals surface area (Å²) in [7, 11) is 3.45. The summed E-state index contributed by atoms with van der Waals surface area (Å²) in [6.07, 6.45) is 17.1. The monoisotopic (exact) mass is 342 g/mol. The summed E-state index contributed by atoms with van der Waals surface area (Å²) >= 11 is 4.49. The van der Waals surface area contributed by atoms with Gasteiger partial charge in [-0.1, -0.05) is 0 Å². The summed E-state index contributed by atoms with van der Waals surface area (Å²) in [5, 5.41) is 0. The van der Waals surface area contributed by atoms with Gasteiger partial charge in [0.2, 0.25) is 0 Å². The van der Waals surface area contributed by atoms with E-state index in [0.29, 0.717) is 4.08 Å². The molecule has 2 rings (SSSR count). The van der Waals surface area contributed by atoms with Crippen molar-refractivity contribution >= 4 is 23.5 Å². The molecule has 0 bridgehead atoms. The van der Waals surface area contributed by atoms with Crippen molar-refractivity contribution in [3.05, 3.63) is 24.7 Å². The minimum atomic E-state index is 0.531. The Labute approximate surface area is 144 Å². The van der Waals surface area contributed by atoms with E-state index in [1.165, 1.54) is 43.6 Å². The molecular weight excluding hydrogens is 312 g/mol. The molecule has 1 spiro atoms. The zero-order valence-electron chi connectivity index (χ0n) is 14.0. The largest absolute Gasteiger partial charge is 0.505 e. The molecule has 0 N–H and O–H groups in total. The molecule has 0 amide bonds. The van der Waals surface area contributed by atoms with Gasteiger partial charge in [-0.3, -0.25) is 0 Å². The maximum absolute atomic E-state index is 5.02. The molecule has 2 atom stereocenters. The van der Waals surface area contributed by atoms with E-state index in [9.17, 15) is 0 Å². The molecule has 2 unspecified atom stereocenters. The van der Waals surface area contributed by atoms with Gasteiger partial charge in [-0.25, -0.2) is 0 Å². The van der Waals surface area contributed by atoms with Gasteiger partial charge in [-0.05, 0) is 80.4 Å². The van der Waals surface area contributed by atoms with Crippen molar-refractivity contribution in [2.45, 2.75) is 49.0 Å². The summed E-state index contributed by atoms with van der Waals surface area (Å²) in [5.41, 5.74) is 0. The first-order valence-corrected chi connectivity index (χ1v) is 10.4. The van der Waals surface area contributed by atoms with E-state index in [4.69, 9.17) is 9.47 Å². The van der Waals surface area contributed by atoms with Crippen LogP contribution in [0.15, 0.2) is 24.7 Å². The molecule has 1 heterocycles. The highest BCUT2D eigenvalue weighted by Gasteiger charge is 2.45. The number of hydrogen-bond acceptors (Lipinski definition) is 4. The van der Waals surface area contributed by atoms with Crippen LogP contribution in [-0.4, -0.2) is 29.8 Å². The lowest BCUT2D eigenvalue weighted by Crippen LogP contribution is -2.21. The Hall–Kier alpha value is -0.220. The molecule has 0 aromatic rings. The third-order valence-electron chi connectivity index (χ3n) is 4.70. The van der Waals surface area contributed by atoms with Gasteiger partial charge in [-0.2, -0.15) is 0 Å². The maximum Gasteiger partial charge on any atom is 0.0784 e. The van der Waals surface area contributed by atoms with Crippen LogP contribution in [0.2, 0.25) is 0 Å². The first-order valence-electron chi connectivity index (χ1n) is 8.43. The molecule has 126 valence electrons. The van der Waals surface area contributed by atoms with Gasteiger partial charge in [0.25, 0.3) is 0 Å². The van der Waals surface area contributed by atoms with Gasteiger partial charge in [-0.15, -0.1) is 23.5 Å². The third kappa shape index (κ3) is 5.45. The molecule has 22 heavy (non-hydrogen) atoms. The Morgan fingerprint density at radius 1 is 0.909 bits per heavy atom. The summed E-state index contributed by atoms with van der Waals surface area (Å²) < 4.78 is 10.6. The average molecular weight is 343 g/mol. The minimum Gasteiger partial charge on any atom is -0.505 e. The van der Waals surface area contributed by atoms with E-state index < -0.39 is 0 Å². The standard InChI is InChI=1S/C18H30O2S2/c1-19-10-5-3-8-16-14-18(21-12-7-13-22-18)15-17(16)9-4-6-11-20-2/h5-6,10-11,16-17H,3-4,7-9,12-15H2,1-2H3/b10-5+,11-6+. The fraction of sp³-hybridized carbons (Fsp3) is 0.778. The number of thioether (sulfide) groups is 2. The fourth-order valence-electron chi connectivity index (χ4n) is 3.69. The fourth-order valence-corrected chi connectivity index (χ4v) is 7.36. The molecule has 4 heteroatoms. The van der Waals surface area contributed by atoms with Gasteiger partial charge in [0.05, 0.1) is 30.8 Å². The van der Waals surface area contributed by atoms with E-state index >= 15 is 0 Å². The van der Waals surface area contributed by atoms with E-state index in [1.807, 2.05) is 12.5 Å². The van der Waals surface area contributed by atoms with Crippen molar-refractivity contribution in [1.82, 2.24) is 0 Å². The highest BCUT2D eigenvalue weighted by molar-refractivity contribution is 8.18. The van der Waals surface area contributed by atoms with Gasteiger partial charge < -0.3 is 9.47 Å². The molecule has 0 aromatic carbocycles. The molecule has 0 aromatic heterocycles. The van der Waals surface area contributed by atoms with Crippen molar-refractivity contribution in [3.63, 3.8) is 0 Å². The van der Waals surface area contributed by atoms with Gasteiger partial charge in [0, 0.05) is 0 Å². The van der Waals surface area contributed by atoms with Crippen LogP contribution in [0.4, 0.5) is 0 Å². The molecule has 2 aliphatic rings. The summed E-state index contributed by atoms with van der Waals surface area (Å²) in [5.74, 6) is 4.46. The van der Waals surface area contributed by atoms with E-state index in [2.05, 4.69) is 35.7 Å². The van der Waals surface area contributed by atoms with E-state index in [0.717, 1.165) is 24.7 Å². The van der Waals surface area contributed by atoms with Crippen molar-refractivity contribution in [2.24, 2.45) is 11.8 Å². The lowest BCUT2D eigenvalue weighted by molar-refractivity contribution is 0.325. The van der Waals surface area contributed by atoms with Crippen molar-refractivity contribution in [1.29, 1.82) is 0 Å². The predicted molar refractivity (Wildman–Crippen MR) is 99.2 cm³/mol. The Morgan fingerprint density at radius 2 is 1.41 bits per heavy atom. The van der Waals surface area contributed by atoms with Crippen LogP contribution < -0.4 is 0 Å². The van der Waals surface area contributed by atoms with Crippen LogP contribution in [0.1, 0.15) is 44.9 Å². The van der Waals surface area contributed by atoms with Gasteiger partial charge in [0.15, 0.2) is 0 Å².